The van der Waals surface area contributed by atoms with Crippen molar-refractivity contribution in [1.82, 2.24) is 0 Å². The molecule has 0 atom stereocenters. The monoisotopic (exact) mass is 378 g/mol. The van der Waals surface area contributed by atoms with Gasteiger partial charge in [0.2, 0.25) is 5.41 Å². The molecular weight excluding hydrogens is 362 g/mol. The van der Waals surface area contributed by atoms with E-state index >= 15 is 0 Å². The van der Waals surface area contributed by atoms with E-state index in [9.17, 15) is 36.6 Å². The zero-order valence-corrected chi connectivity index (χ0v) is 13.8. The summed E-state index contributed by atoms with van der Waals surface area (Å²) in [6.07, 6.45) is -11.4. The number of hydrogen-bond acceptors (Lipinski definition) is 2. The topological polar surface area (TPSA) is 40.5 Å². The second-order valence-electron chi connectivity index (χ2n) is 6.22. The fourth-order valence-corrected chi connectivity index (χ4v) is 2.94. The van der Waals surface area contributed by atoms with Gasteiger partial charge in [0.1, 0.15) is 11.5 Å². The standard InChI is InChI=1S/C18H16F6O2/c1-10(2)14-9-12(5-8-15(14)26)16(17(19,20)21,18(22,23)24)11-3-6-13(25)7-4-11/h3-10,25-26H,1-2H3. The van der Waals surface area contributed by atoms with Crippen molar-refractivity contribution < 1.29 is 36.6 Å². The Kier molecular flexibility index (Phi) is 4.91. The average Bonchev–Trinajstić information content (AvgIpc) is 2.48. The van der Waals surface area contributed by atoms with Gasteiger partial charge in [-0.1, -0.05) is 38.1 Å². The maximum absolute atomic E-state index is 13.9. The van der Waals surface area contributed by atoms with Gasteiger partial charge in [0.15, 0.2) is 0 Å². The summed E-state index contributed by atoms with van der Waals surface area (Å²) in [5.41, 5.74) is -6.45. The van der Waals surface area contributed by atoms with Crippen molar-refractivity contribution in [2.75, 3.05) is 0 Å². The van der Waals surface area contributed by atoms with Crippen LogP contribution in [0.2, 0.25) is 0 Å². The second-order valence-corrected chi connectivity index (χ2v) is 6.22. The quantitative estimate of drug-likeness (QED) is 0.680. The predicted octanol–water partition coefficient (Wildman–Crippen LogP) is 5.63. The molecule has 0 aliphatic heterocycles. The molecule has 0 spiro atoms. The van der Waals surface area contributed by atoms with E-state index in [4.69, 9.17) is 0 Å². The van der Waals surface area contributed by atoms with E-state index < -0.39 is 40.6 Å². The van der Waals surface area contributed by atoms with Crippen molar-refractivity contribution in [3.63, 3.8) is 0 Å². The Labute approximate surface area is 145 Å². The third kappa shape index (κ3) is 3.08. The first-order valence-corrected chi connectivity index (χ1v) is 7.58. The Morgan fingerprint density at radius 3 is 1.62 bits per heavy atom. The number of hydrogen-bond donors (Lipinski definition) is 2. The molecule has 0 unspecified atom stereocenters. The molecular formula is C18H16F6O2. The Balaban J connectivity index is 2.93. The molecule has 142 valence electrons. The lowest BCUT2D eigenvalue weighted by Crippen LogP contribution is -2.54. The minimum Gasteiger partial charge on any atom is -0.508 e. The largest absolute Gasteiger partial charge is 0.508 e. The Bertz CT molecular complexity index is 762. The van der Waals surface area contributed by atoms with Gasteiger partial charge >= 0.3 is 12.4 Å². The molecule has 0 aliphatic carbocycles. The van der Waals surface area contributed by atoms with E-state index in [2.05, 4.69) is 0 Å². The Morgan fingerprint density at radius 2 is 1.19 bits per heavy atom. The van der Waals surface area contributed by atoms with Crippen molar-refractivity contribution in [1.29, 1.82) is 0 Å². The van der Waals surface area contributed by atoms with Crippen LogP contribution in [0.3, 0.4) is 0 Å². The highest BCUT2D eigenvalue weighted by Crippen LogP contribution is 2.56. The lowest BCUT2D eigenvalue weighted by Gasteiger charge is -2.38. The minimum absolute atomic E-state index is 0.0286. The van der Waals surface area contributed by atoms with Gasteiger partial charge in [0.05, 0.1) is 0 Å². The fraction of sp³-hybridized carbons (Fsp3) is 0.333. The molecule has 8 heteroatoms. The maximum atomic E-state index is 13.9. The van der Waals surface area contributed by atoms with Crippen LogP contribution >= 0.6 is 0 Å². The zero-order chi connectivity index (χ0) is 19.9. The average molecular weight is 378 g/mol. The molecule has 2 N–H and O–H groups in total. The normalized spacial score (nSPS) is 13.3. The number of alkyl halides is 6. The molecule has 0 saturated heterocycles. The third-order valence-corrected chi connectivity index (χ3v) is 4.23. The van der Waals surface area contributed by atoms with Crippen molar-refractivity contribution in [2.24, 2.45) is 0 Å². The van der Waals surface area contributed by atoms with Crippen LogP contribution in [0.4, 0.5) is 26.3 Å². The van der Waals surface area contributed by atoms with E-state index in [0.29, 0.717) is 18.2 Å². The molecule has 0 heterocycles. The summed E-state index contributed by atoms with van der Waals surface area (Å²) in [4.78, 5) is 0. The molecule has 0 saturated carbocycles. The van der Waals surface area contributed by atoms with Gasteiger partial charge in [-0.05, 0) is 40.8 Å². The summed E-state index contributed by atoms with van der Waals surface area (Å²) in [5.74, 6) is -1.33. The van der Waals surface area contributed by atoms with Gasteiger partial charge in [-0.3, -0.25) is 0 Å². The van der Waals surface area contributed by atoms with Crippen LogP contribution < -0.4 is 0 Å². The summed E-state index contributed by atoms with van der Waals surface area (Å²) in [6, 6.07) is 4.91. The summed E-state index contributed by atoms with van der Waals surface area (Å²) >= 11 is 0. The summed E-state index contributed by atoms with van der Waals surface area (Å²) < 4.78 is 83.6. The van der Waals surface area contributed by atoms with Crippen LogP contribution in [-0.4, -0.2) is 22.6 Å². The number of rotatable bonds is 3. The Morgan fingerprint density at radius 1 is 0.731 bits per heavy atom. The SMILES string of the molecule is CC(C)c1cc(C(c2ccc(O)cc2)(C(F)(F)F)C(F)(F)F)ccc1O. The molecule has 2 aromatic carbocycles. The third-order valence-electron chi connectivity index (χ3n) is 4.23. The molecule has 0 radical (unpaired) electrons. The van der Waals surface area contributed by atoms with Gasteiger partial charge < -0.3 is 10.2 Å². The van der Waals surface area contributed by atoms with Crippen LogP contribution in [0.25, 0.3) is 0 Å². The maximum Gasteiger partial charge on any atom is 0.411 e. The van der Waals surface area contributed by atoms with Crippen molar-refractivity contribution in [3.05, 3.63) is 59.2 Å². The molecule has 0 aromatic heterocycles. The molecule has 0 fully saturated rings. The zero-order valence-electron chi connectivity index (χ0n) is 13.8. The highest BCUT2D eigenvalue weighted by molar-refractivity contribution is 5.49. The molecule has 26 heavy (non-hydrogen) atoms. The second kappa shape index (κ2) is 6.41. The van der Waals surface area contributed by atoms with Gasteiger partial charge in [-0.15, -0.1) is 0 Å². The van der Waals surface area contributed by atoms with Crippen molar-refractivity contribution >= 4 is 0 Å². The first-order chi connectivity index (χ1) is 11.8. The van der Waals surface area contributed by atoms with Gasteiger partial charge in [0.25, 0.3) is 0 Å². The number of benzene rings is 2. The summed E-state index contributed by atoms with van der Waals surface area (Å²) in [6.45, 7) is 3.09. The van der Waals surface area contributed by atoms with Gasteiger partial charge in [0, 0.05) is 0 Å². The van der Waals surface area contributed by atoms with E-state index in [0.717, 1.165) is 24.3 Å². The first kappa shape index (κ1) is 19.9. The molecule has 0 bridgehead atoms. The van der Waals surface area contributed by atoms with Crippen LogP contribution in [0.1, 0.15) is 36.5 Å². The minimum atomic E-state index is -5.71. The Hall–Kier alpha value is -2.38. The molecule has 0 amide bonds. The van der Waals surface area contributed by atoms with Crippen LogP contribution in [0.5, 0.6) is 11.5 Å². The van der Waals surface area contributed by atoms with Crippen LogP contribution in [0.15, 0.2) is 42.5 Å². The highest BCUT2D eigenvalue weighted by Gasteiger charge is 2.72. The predicted molar refractivity (Wildman–Crippen MR) is 83.2 cm³/mol. The van der Waals surface area contributed by atoms with Gasteiger partial charge in [-0.25, -0.2) is 0 Å². The first-order valence-electron chi connectivity index (χ1n) is 7.58. The lowest BCUT2D eigenvalue weighted by molar-refractivity contribution is -0.288. The molecule has 2 aromatic rings. The van der Waals surface area contributed by atoms with E-state index in [1.165, 1.54) is 0 Å². The molecule has 0 aliphatic rings. The fourth-order valence-electron chi connectivity index (χ4n) is 2.94. The van der Waals surface area contributed by atoms with Crippen LogP contribution in [-0.2, 0) is 5.41 Å². The summed E-state index contributed by atoms with van der Waals surface area (Å²) in [7, 11) is 0. The lowest BCUT2D eigenvalue weighted by atomic mass is 9.72. The van der Waals surface area contributed by atoms with Crippen molar-refractivity contribution in [3.8, 4) is 11.5 Å². The van der Waals surface area contributed by atoms with E-state index in [1.54, 1.807) is 13.8 Å². The van der Waals surface area contributed by atoms with Gasteiger partial charge in [-0.2, -0.15) is 26.3 Å². The van der Waals surface area contributed by atoms with E-state index in [-0.39, 0.29) is 11.3 Å². The number of phenolic OH excluding ortho intramolecular Hbond substituents is 2. The highest BCUT2D eigenvalue weighted by atomic mass is 19.4. The number of aromatic hydroxyl groups is 2. The number of halogens is 6. The van der Waals surface area contributed by atoms with E-state index in [1.807, 2.05) is 0 Å². The molecule has 2 nitrogen and oxygen atoms in total. The number of phenols is 2. The smallest absolute Gasteiger partial charge is 0.411 e. The summed E-state index contributed by atoms with van der Waals surface area (Å²) in [5, 5.41) is 19.0. The van der Waals surface area contributed by atoms with Crippen molar-refractivity contribution in [2.45, 2.75) is 37.5 Å². The van der Waals surface area contributed by atoms with Crippen LogP contribution in [0, 0.1) is 0 Å². The molecule has 2 rings (SSSR count).